The maximum atomic E-state index is 12.9. The Morgan fingerprint density at radius 2 is 2.12 bits per heavy atom. The molecule has 0 radical (unpaired) electrons. The van der Waals surface area contributed by atoms with Gasteiger partial charge in [-0.1, -0.05) is 6.07 Å². The summed E-state index contributed by atoms with van der Waals surface area (Å²) in [6.07, 6.45) is 4.46. The molecule has 0 unspecified atom stereocenters. The highest BCUT2D eigenvalue weighted by Gasteiger charge is 2.35. The number of hydrogen-bond acceptors (Lipinski definition) is 3. The van der Waals surface area contributed by atoms with E-state index in [1.54, 1.807) is 7.11 Å². The Hall–Kier alpha value is -1.85. The van der Waals surface area contributed by atoms with Gasteiger partial charge in [-0.05, 0) is 50.0 Å². The van der Waals surface area contributed by atoms with Crippen LogP contribution in [0.15, 0.2) is 30.5 Å². The number of rotatable bonds is 5. The first-order chi connectivity index (χ1) is 11.8. The first-order valence-corrected chi connectivity index (χ1v) is 8.86. The van der Waals surface area contributed by atoms with Gasteiger partial charge < -0.3 is 19.5 Å². The van der Waals surface area contributed by atoms with E-state index in [1.165, 1.54) is 25.9 Å². The van der Waals surface area contributed by atoms with Crippen molar-refractivity contribution in [1.29, 1.82) is 0 Å². The molecule has 1 aromatic heterocycles. The number of nitrogens with zero attached hydrogens (tertiary/aromatic N) is 2. The second-order valence-corrected chi connectivity index (χ2v) is 6.96. The fourth-order valence-corrected chi connectivity index (χ4v) is 4.18. The third-order valence-corrected chi connectivity index (χ3v) is 5.57. The third-order valence-electron chi connectivity index (χ3n) is 5.57. The summed E-state index contributed by atoms with van der Waals surface area (Å²) in [5.74, 6) is 0.702. The highest BCUT2D eigenvalue weighted by Crippen LogP contribution is 2.28. The molecule has 1 N–H and O–H groups in total. The summed E-state index contributed by atoms with van der Waals surface area (Å²) < 4.78 is 7.31. The third kappa shape index (κ3) is 2.82. The lowest BCUT2D eigenvalue weighted by molar-refractivity contribution is 0.0621. The Labute approximate surface area is 142 Å². The molecule has 2 aromatic rings. The molecule has 0 aliphatic carbocycles. The zero-order valence-corrected chi connectivity index (χ0v) is 14.2. The van der Waals surface area contributed by atoms with Crippen LogP contribution in [0.3, 0.4) is 0 Å². The number of ether oxygens (including phenoxy) is 1. The van der Waals surface area contributed by atoms with E-state index in [-0.39, 0.29) is 5.91 Å². The smallest absolute Gasteiger partial charge is 0.252 e. The minimum Gasteiger partial charge on any atom is -0.383 e. The Morgan fingerprint density at radius 1 is 1.29 bits per heavy atom. The number of nitrogens with one attached hydrogen (secondary N) is 1. The molecule has 5 heteroatoms. The molecule has 1 amide bonds. The number of hydrogen-bond donors (Lipinski definition) is 1. The van der Waals surface area contributed by atoms with Crippen molar-refractivity contribution in [2.24, 2.45) is 5.92 Å². The Bertz CT molecular complexity index is 731. The van der Waals surface area contributed by atoms with Gasteiger partial charge in [0.2, 0.25) is 0 Å². The quantitative estimate of drug-likeness (QED) is 0.915. The average Bonchev–Trinajstić information content (AvgIpc) is 3.04. The zero-order valence-electron chi connectivity index (χ0n) is 14.2. The van der Waals surface area contributed by atoms with E-state index >= 15 is 0 Å². The van der Waals surface area contributed by atoms with E-state index in [4.69, 9.17) is 4.74 Å². The molecule has 24 heavy (non-hydrogen) atoms. The molecule has 1 atom stereocenters. The van der Waals surface area contributed by atoms with E-state index in [1.807, 2.05) is 24.4 Å². The Kier molecular flexibility index (Phi) is 4.29. The zero-order chi connectivity index (χ0) is 16.5. The minimum atomic E-state index is 0.0591. The highest BCUT2D eigenvalue weighted by atomic mass is 16.5. The predicted molar refractivity (Wildman–Crippen MR) is 94.2 cm³/mol. The number of aromatic nitrogens is 1. The van der Waals surface area contributed by atoms with Crippen molar-refractivity contribution in [3.05, 3.63) is 36.0 Å². The van der Waals surface area contributed by atoms with Crippen molar-refractivity contribution in [3.8, 4) is 0 Å². The molecule has 2 bridgehead atoms. The molecule has 0 spiro atoms. The monoisotopic (exact) mass is 327 g/mol. The second kappa shape index (κ2) is 6.57. The summed E-state index contributed by atoms with van der Waals surface area (Å²) in [5, 5.41) is 4.32. The Morgan fingerprint density at radius 3 is 2.83 bits per heavy atom. The van der Waals surface area contributed by atoms with E-state index in [0.717, 1.165) is 29.6 Å². The summed E-state index contributed by atoms with van der Waals surface area (Å²) in [6, 6.07) is 8.30. The van der Waals surface area contributed by atoms with Crippen molar-refractivity contribution in [2.45, 2.75) is 25.4 Å². The number of carbonyl (C=O) groups is 1. The summed E-state index contributed by atoms with van der Waals surface area (Å²) in [4.78, 5) is 15.3. The second-order valence-electron chi connectivity index (χ2n) is 6.96. The molecular formula is C19H25N3O2. The number of carbonyl (C=O) groups excluding carboxylic acids is 1. The summed E-state index contributed by atoms with van der Waals surface area (Å²) >= 11 is 0. The average molecular weight is 327 g/mol. The Balaban J connectivity index is 1.55. The number of amides is 1. The van der Waals surface area contributed by atoms with Crippen molar-refractivity contribution in [2.75, 3.05) is 33.4 Å². The molecular weight excluding hydrogens is 302 g/mol. The van der Waals surface area contributed by atoms with Gasteiger partial charge >= 0.3 is 0 Å². The molecule has 5 nitrogen and oxygen atoms in total. The van der Waals surface area contributed by atoms with Gasteiger partial charge in [0.05, 0.1) is 6.61 Å². The van der Waals surface area contributed by atoms with Gasteiger partial charge in [-0.15, -0.1) is 0 Å². The van der Waals surface area contributed by atoms with E-state index < -0.39 is 0 Å². The van der Waals surface area contributed by atoms with Gasteiger partial charge in [0, 0.05) is 48.9 Å². The fraction of sp³-hybridized carbons (Fsp3) is 0.526. The predicted octanol–water partition coefficient (Wildman–Crippen LogP) is 2.11. The summed E-state index contributed by atoms with van der Waals surface area (Å²) in [5.41, 5.74) is 1.87. The molecule has 1 aromatic carbocycles. The van der Waals surface area contributed by atoms with Crippen molar-refractivity contribution < 1.29 is 9.53 Å². The lowest BCUT2D eigenvalue weighted by Crippen LogP contribution is -2.57. The van der Waals surface area contributed by atoms with Crippen LogP contribution in [0.2, 0.25) is 0 Å². The van der Waals surface area contributed by atoms with E-state index in [2.05, 4.69) is 20.9 Å². The molecule has 0 saturated carbocycles. The maximum Gasteiger partial charge on any atom is 0.252 e. The van der Waals surface area contributed by atoms with Crippen LogP contribution in [-0.2, 0) is 11.3 Å². The lowest BCUT2D eigenvalue weighted by atomic mass is 9.84. The topological polar surface area (TPSA) is 46.5 Å². The molecule has 3 aliphatic heterocycles. The maximum absolute atomic E-state index is 12.9. The van der Waals surface area contributed by atoms with Crippen LogP contribution in [0.1, 0.15) is 23.2 Å². The van der Waals surface area contributed by atoms with Crippen molar-refractivity contribution >= 4 is 16.8 Å². The first-order valence-electron chi connectivity index (χ1n) is 8.86. The fourth-order valence-electron chi connectivity index (χ4n) is 4.18. The van der Waals surface area contributed by atoms with Crippen LogP contribution in [0.25, 0.3) is 10.9 Å². The summed E-state index contributed by atoms with van der Waals surface area (Å²) in [6.45, 7) is 4.84. The number of fused-ring (bicyclic) bond motifs is 4. The number of methoxy groups -OCH3 is 1. The first kappa shape index (κ1) is 15.7. The van der Waals surface area contributed by atoms with Crippen LogP contribution in [-0.4, -0.2) is 54.8 Å². The highest BCUT2D eigenvalue weighted by molar-refractivity contribution is 6.06. The van der Waals surface area contributed by atoms with Gasteiger partial charge in [0.15, 0.2) is 0 Å². The van der Waals surface area contributed by atoms with Gasteiger partial charge in [0.1, 0.15) is 0 Å². The van der Waals surface area contributed by atoms with Crippen molar-refractivity contribution in [1.82, 2.24) is 14.8 Å². The van der Waals surface area contributed by atoms with Gasteiger partial charge in [-0.3, -0.25) is 4.79 Å². The van der Waals surface area contributed by atoms with Crippen LogP contribution in [0, 0.1) is 5.92 Å². The largest absolute Gasteiger partial charge is 0.383 e. The number of benzene rings is 1. The lowest BCUT2D eigenvalue weighted by Gasteiger charge is -2.44. The van der Waals surface area contributed by atoms with Gasteiger partial charge in [-0.2, -0.15) is 0 Å². The van der Waals surface area contributed by atoms with Crippen LogP contribution >= 0.6 is 0 Å². The van der Waals surface area contributed by atoms with Crippen molar-refractivity contribution in [3.63, 3.8) is 0 Å². The molecule has 4 heterocycles. The minimum absolute atomic E-state index is 0.0591. The van der Waals surface area contributed by atoms with Gasteiger partial charge in [0.25, 0.3) is 5.91 Å². The number of piperidine rings is 3. The van der Waals surface area contributed by atoms with E-state index in [9.17, 15) is 4.79 Å². The summed E-state index contributed by atoms with van der Waals surface area (Å²) in [7, 11) is 1.71. The molecule has 3 aliphatic rings. The van der Waals surface area contributed by atoms with Crippen LogP contribution < -0.4 is 5.32 Å². The van der Waals surface area contributed by atoms with Crippen LogP contribution in [0.4, 0.5) is 0 Å². The SMILES string of the molecule is COCCn1ccc2c(C(=O)N[C@H]3CN4CCC3CC4)cccc21. The molecule has 3 fully saturated rings. The molecule has 128 valence electrons. The molecule has 3 saturated heterocycles. The normalized spacial score (nSPS) is 26.0. The standard InChI is InChI=1S/C19H25N3O2/c1-24-12-11-22-10-7-15-16(3-2-4-18(15)22)19(23)20-17-13-21-8-5-14(17)6-9-21/h2-4,7,10,14,17H,5-6,8-9,11-13H2,1H3,(H,20,23)/t17-/m0/s1. The van der Waals surface area contributed by atoms with Gasteiger partial charge in [-0.25, -0.2) is 0 Å². The van der Waals surface area contributed by atoms with E-state index in [0.29, 0.717) is 18.6 Å². The molecule has 5 rings (SSSR count). The van der Waals surface area contributed by atoms with Crippen LogP contribution in [0.5, 0.6) is 0 Å².